The van der Waals surface area contributed by atoms with Gasteiger partial charge in [0.25, 0.3) is 5.89 Å². The van der Waals surface area contributed by atoms with Crippen LogP contribution in [0.4, 0.5) is 0 Å². The molecule has 1 fully saturated rings. The second kappa shape index (κ2) is 7.47. The molecule has 24 heavy (non-hydrogen) atoms. The molecular formula is C18H23N3O3. The molecule has 2 atom stereocenters. The van der Waals surface area contributed by atoms with Gasteiger partial charge in [-0.25, -0.2) is 0 Å². The lowest BCUT2D eigenvalue weighted by Crippen LogP contribution is -2.21. The van der Waals surface area contributed by atoms with Crippen LogP contribution in [0.15, 0.2) is 28.7 Å². The maximum absolute atomic E-state index is 11.5. The van der Waals surface area contributed by atoms with E-state index in [2.05, 4.69) is 15.5 Å². The maximum Gasteiger partial charge on any atom is 0.256 e. The van der Waals surface area contributed by atoms with Crippen molar-refractivity contribution >= 4 is 5.91 Å². The van der Waals surface area contributed by atoms with Crippen LogP contribution in [0, 0.1) is 6.92 Å². The summed E-state index contributed by atoms with van der Waals surface area (Å²) in [6.45, 7) is 4.69. The van der Waals surface area contributed by atoms with Crippen LogP contribution < -0.4 is 10.1 Å². The molecule has 1 amide bonds. The summed E-state index contributed by atoms with van der Waals surface area (Å²) < 4.78 is 12.0. The van der Waals surface area contributed by atoms with Crippen molar-refractivity contribution in [2.75, 3.05) is 6.54 Å². The van der Waals surface area contributed by atoms with Crippen LogP contribution in [0.1, 0.15) is 62.0 Å². The SMILES string of the molecule is CCC(Oc1ccccc1C)c1nnc(C2CCNC(=O)CC2)o1. The molecule has 1 aromatic heterocycles. The fraction of sp³-hybridized carbons (Fsp3) is 0.500. The van der Waals surface area contributed by atoms with Gasteiger partial charge < -0.3 is 14.5 Å². The van der Waals surface area contributed by atoms with E-state index in [1.54, 1.807) is 0 Å². The molecule has 1 saturated heterocycles. The van der Waals surface area contributed by atoms with Gasteiger partial charge in [0.2, 0.25) is 11.8 Å². The second-order valence-corrected chi connectivity index (χ2v) is 6.13. The molecule has 0 saturated carbocycles. The van der Waals surface area contributed by atoms with Crippen molar-refractivity contribution in [2.24, 2.45) is 0 Å². The van der Waals surface area contributed by atoms with E-state index >= 15 is 0 Å². The Morgan fingerprint density at radius 3 is 2.96 bits per heavy atom. The van der Waals surface area contributed by atoms with Gasteiger partial charge in [0, 0.05) is 18.9 Å². The molecule has 6 nitrogen and oxygen atoms in total. The van der Waals surface area contributed by atoms with Crippen LogP contribution in [0.25, 0.3) is 0 Å². The van der Waals surface area contributed by atoms with Crippen LogP contribution in [0.5, 0.6) is 5.75 Å². The van der Waals surface area contributed by atoms with Gasteiger partial charge in [0.15, 0.2) is 6.10 Å². The van der Waals surface area contributed by atoms with Gasteiger partial charge in [-0.05, 0) is 37.8 Å². The summed E-state index contributed by atoms with van der Waals surface area (Å²) in [5, 5.41) is 11.3. The lowest BCUT2D eigenvalue weighted by Gasteiger charge is -2.15. The van der Waals surface area contributed by atoms with Crippen LogP contribution in [-0.4, -0.2) is 22.6 Å². The Balaban J connectivity index is 1.73. The van der Waals surface area contributed by atoms with Crippen LogP contribution in [0.2, 0.25) is 0 Å². The number of carbonyl (C=O) groups is 1. The minimum Gasteiger partial charge on any atom is -0.480 e. The van der Waals surface area contributed by atoms with Crippen molar-refractivity contribution in [1.29, 1.82) is 0 Å². The highest BCUT2D eigenvalue weighted by atomic mass is 16.5. The predicted molar refractivity (Wildman–Crippen MR) is 88.7 cm³/mol. The van der Waals surface area contributed by atoms with Gasteiger partial charge in [0.1, 0.15) is 5.75 Å². The first kappa shape index (κ1) is 16.5. The number of hydrogen-bond donors (Lipinski definition) is 1. The molecule has 0 radical (unpaired) electrons. The summed E-state index contributed by atoms with van der Waals surface area (Å²) in [6.07, 6.45) is 2.53. The Hall–Kier alpha value is -2.37. The van der Waals surface area contributed by atoms with Gasteiger partial charge in [-0.1, -0.05) is 25.1 Å². The quantitative estimate of drug-likeness (QED) is 0.911. The van der Waals surface area contributed by atoms with E-state index in [0.29, 0.717) is 24.7 Å². The molecule has 2 heterocycles. The first-order valence-electron chi connectivity index (χ1n) is 8.49. The second-order valence-electron chi connectivity index (χ2n) is 6.13. The molecule has 0 spiro atoms. The summed E-state index contributed by atoms with van der Waals surface area (Å²) in [5.74, 6) is 2.15. The number of nitrogens with zero attached hydrogens (tertiary/aromatic N) is 2. The molecule has 0 aliphatic carbocycles. The zero-order valence-electron chi connectivity index (χ0n) is 14.1. The van der Waals surface area contributed by atoms with E-state index in [9.17, 15) is 4.79 Å². The molecule has 2 aromatic rings. The van der Waals surface area contributed by atoms with Crippen LogP contribution in [0.3, 0.4) is 0 Å². The Labute approximate surface area is 141 Å². The molecule has 128 valence electrons. The summed E-state index contributed by atoms with van der Waals surface area (Å²) in [7, 11) is 0. The number of carbonyl (C=O) groups excluding carboxylic acids is 1. The smallest absolute Gasteiger partial charge is 0.256 e. The van der Waals surface area contributed by atoms with E-state index in [4.69, 9.17) is 9.15 Å². The van der Waals surface area contributed by atoms with E-state index < -0.39 is 0 Å². The first-order chi connectivity index (χ1) is 11.7. The van der Waals surface area contributed by atoms with Gasteiger partial charge >= 0.3 is 0 Å². The van der Waals surface area contributed by atoms with E-state index in [0.717, 1.165) is 30.6 Å². The Kier molecular flexibility index (Phi) is 5.13. The third-order valence-corrected chi connectivity index (χ3v) is 4.35. The van der Waals surface area contributed by atoms with Crippen molar-refractivity contribution in [3.63, 3.8) is 0 Å². The minimum absolute atomic E-state index is 0.0894. The summed E-state index contributed by atoms with van der Waals surface area (Å²) in [6, 6.07) is 7.88. The third kappa shape index (κ3) is 3.75. The van der Waals surface area contributed by atoms with Crippen molar-refractivity contribution in [2.45, 2.75) is 51.6 Å². The lowest BCUT2D eigenvalue weighted by atomic mass is 10.0. The number of aryl methyl sites for hydroxylation is 1. The number of para-hydroxylation sites is 1. The van der Waals surface area contributed by atoms with E-state index in [-0.39, 0.29) is 17.9 Å². The van der Waals surface area contributed by atoms with Crippen molar-refractivity contribution in [1.82, 2.24) is 15.5 Å². The molecule has 2 unspecified atom stereocenters. The normalized spacial score (nSPS) is 19.4. The average Bonchev–Trinajstić information content (AvgIpc) is 2.97. The van der Waals surface area contributed by atoms with Gasteiger partial charge in [-0.2, -0.15) is 0 Å². The highest BCUT2D eigenvalue weighted by molar-refractivity contribution is 5.76. The van der Waals surface area contributed by atoms with Gasteiger partial charge in [0.05, 0.1) is 0 Å². The summed E-state index contributed by atoms with van der Waals surface area (Å²) in [5.41, 5.74) is 1.07. The summed E-state index contributed by atoms with van der Waals surface area (Å²) >= 11 is 0. The van der Waals surface area contributed by atoms with E-state index in [1.165, 1.54) is 0 Å². The Morgan fingerprint density at radius 2 is 2.17 bits per heavy atom. The number of aromatic nitrogens is 2. The molecule has 1 N–H and O–H groups in total. The molecular weight excluding hydrogens is 306 g/mol. The molecule has 1 aliphatic heterocycles. The highest BCUT2D eigenvalue weighted by Gasteiger charge is 2.25. The van der Waals surface area contributed by atoms with Crippen molar-refractivity contribution < 1.29 is 13.9 Å². The van der Waals surface area contributed by atoms with Crippen molar-refractivity contribution in [3.8, 4) is 5.75 Å². The number of ether oxygens (including phenoxy) is 1. The zero-order chi connectivity index (χ0) is 16.9. The predicted octanol–water partition coefficient (Wildman–Crippen LogP) is 3.29. The molecule has 1 aliphatic rings. The number of benzene rings is 1. The zero-order valence-corrected chi connectivity index (χ0v) is 14.1. The largest absolute Gasteiger partial charge is 0.480 e. The summed E-state index contributed by atoms with van der Waals surface area (Å²) in [4.78, 5) is 11.5. The third-order valence-electron chi connectivity index (χ3n) is 4.35. The minimum atomic E-state index is -0.266. The molecule has 1 aromatic carbocycles. The maximum atomic E-state index is 11.5. The monoisotopic (exact) mass is 329 g/mol. The molecule has 6 heteroatoms. The topological polar surface area (TPSA) is 77.3 Å². The van der Waals surface area contributed by atoms with Crippen LogP contribution >= 0.6 is 0 Å². The standard InChI is InChI=1S/C18H23N3O3/c1-3-14(23-15-7-5-4-6-12(15)2)18-21-20-17(24-18)13-8-9-16(22)19-11-10-13/h4-7,13-14H,3,8-11H2,1-2H3,(H,19,22). The molecule has 3 rings (SSSR count). The van der Waals surface area contributed by atoms with Crippen molar-refractivity contribution in [3.05, 3.63) is 41.6 Å². The highest BCUT2D eigenvalue weighted by Crippen LogP contribution is 2.30. The number of hydrogen-bond acceptors (Lipinski definition) is 5. The number of nitrogens with one attached hydrogen (secondary N) is 1. The fourth-order valence-corrected chi connectivity index (χ4v) is 2.86. The number of rotatable bonds is 5. The van der Waals surface area contributed by atoms with Gasteiger partial charge in [-0.15, -0.1) is 10.2 Å². The van der Waals surface area contributed by atoms with Gasteiger partial charge in [-0.3, -0.25) is 4.79 Å². The fourth-order valence-electron chi connectivity index (χ4n) is 2.86. The van der Waals surface area contributed by atoms with Crippen LogP contribution in [-0.2, 0) is 4.79 Å². The Morgan fingerprint density at radius 1 is 1.33 bits per heavy atom. The lowest BCUT2D eigenvalue weighted by molar-refractivity contribution is -0.120. The molecule has 0 bridgehead atoms. The first-order valence-corrected chi connectivity index (χ1v) is 8.49. The number of amides is 1. The average molecular weight is 329 g/mol. The Bertz CT molecular complexity index is 698. The van der Waals surface area contributed by atoms with E-state index in [1.807, 2.05) is 38.1 Å².